The quantitative estimate of drug-likeness (QED) is 0.177. The van der Waals surface area contributed by atoms with Gasteiger partial charge in [-0.2, -0.15) is 0 Å². The third-order valence-electron chi connectivity index (χ3n) is 11.2. The fourth-order valence-corrected chi connectivity index (χ4v) is 8.78. The molecule has 0 atom stereocenters. The molecule has 1 heteroatoms. The number of nitrogens with zero attached hydrogens (tertiary/aromatic N) is 1. The SMILES string of the molecule is CC1(C)c2ccc(N(c3ccc(-c4ccccc4)cc3)c3ccc4ccccc4c3-c3cccc4ccccc34)cc2-c2ccc3ccccc3c21. The normalized spacial score (nSPS) is 13.0. The first-order valence-corrected chi connectivity index (χ1v) is 18.2. The number of hydrogen-bond acceptors (Lipinski definition) is 1. The molecule has 0 amide bonds. The molecular formula is C51H37N. The minimum Gasteiger partial charge on any atom is -0.310 e. The van der Waals surface area contributed by atoms with Crippen LogP contribution in [0.5, 0.6) is 0 Å². The van der Waals surface area contributed by atoms with E-state index in [0.717, 1.165) is 17.1 Å². The molecule has 1 nitrogen and oxygen atoms in total. The summed E-state index contributed by atoms with van der Waals surface area (Å²) < 4.78 is 0. The summed E-state index contributed by atoms with van der Waals surface area (Å²) in [5, 5.41) is 7.58. The number of rotatable bonds is 5. The highest BCUT2D eigenvalue weighted by atomic mass is 15.1. The highest BCUT2D eigenvalue weighted by Gasteiger charge is 2.37. The number of hydrogen-bond donors (Lipinski definition) is 0. The number of anilines is 3. The predicted molar refractivity (Wildman–Crippen MR) is 222 cm³/mol. The lowest BCUT2D eigenvalue weighted by Gasteiger charge is -2.30. The fraction of sp³-hybridized carbons (Fsp3) is 0.0588. The van der Waals surface area contributed by atoms with E-state index in [4.69, 9.17) is 0 Å². The molecule has 0 radical (unpaired) electrons. The molecule has 0 aliphatic heterocycles. The summed E-state index contributed by atoms with van der Waals surface area (Å²) in [6.07, 6.45) is 0. The van der Waals surface area contributed by atoms with Crippen LogP contribution in [0.2, 0.25) is 0 Å². The molecule has 9 aromatic rings. The summed E-state index contributed by atoms with van der Waals surface area (Å²) in [7, 11) is 0. The molecule has 9 aromatic carbocycles. The molecule has 10 rings (SSSR count). The van der Waals surface area contributed by atoms with Gasteiger partial charge in [-0.1, -0.05) is 172 Å². The Labute approximate surface area is 305 Å². The second-order valence-corrected chi connectivity index (χ2v) is 14.5. The van der Waals surface area contributed by atoms with Crippen molar-refractivity contribution in [3.05, 3.63) is 199 Å². The van der Waals surface area contributed by atoms with Crippen LogP contribution in [0.4, 0.5) is 17.1 Å². The molecule has 246 valence electrons. The fourth-order valence-electron chi connectivity index (χ4n) is 8.78. The second-order valence-electron chi connectivity index (χ2n) is 14.5. The maximum atomic E-state index is 2.48. The van der Waals surface area contributed by atoms with Crippen LogP contribution in [0.1, 0.15) is 25.0 Å². The maximum Gasteiger partial charge on any atom is 0.0546 e. The summed E-state index contributed by atoms with van der Waals surface area (Å²) >= 11 is 0. The van der Waals surface area contributed by atoms with Crippen molar-refractivity contribution in [1.29, 1.82) is 0 Å². The Bertz CT molecular complexity index is 2800. The van der Waals surface area contributed by atoms with E-state index in [1.165, 1.54) is 76.8 Å². The highest BCUT2D eigenvalue weighted by molar-refractivity contribution is 6.11. The van der Waals surface area contributed by atoms with Gasteiger partial charge in [0.25, 0.3) is 0 Å². The minimum atomic E-state index is -0.122. The van der Waals surface area contributed by atoms with Crippen LogP contribution in [0.3, 0.4) is 0 Å². The lowest BCUT2D eigenvalue weighted by Crippen LogP contribution is -2.16. The highest BCUT2D eigenvalue weighted by Crippen LogP contribution is 2.54. The van der Waals surface area contributed by atoms with Crippen molar-refractivity contribution in [1.82, 2.24) is 0 Å². The lowest BCUT2D eigenvalue weighted by atomic mass is 9.80. The molecule has 0 N–H and O–H groups in total. The van der Waals surface area contributed by atoms with E-state index in [9.17, 15) is 0 Å². The summed E-state index contributed by atoms with van der Waals surface area (Å²) in [4.78, 5) is 2.48. The van der Waals surface area contributed by atoms with E-state index >= 15 is 0 Å². The Kier molecular flexibility index (Phi) is 6.91. The molecule has 0 saturated carbocycles. The molecule has 0 fully saturated rings. The van der Waals surface area contributed by atoms with Crippen molar-refractivity contribution in [3.63, 3.8) is 0 Å². The number of benzene rings is 9. The van der Waals surface area contributed by atoms with Gasteiger partial charge in [-0.25, -0.2) is 0 Å². The van der Waals surface area contributed by atoms with E-state index in [0.29, 0.717) is 0 Å². The topological polar surface area (TPSA) is 3.24 Å². The van der Waals surface area contributed by atoms with Gasteiger partial charge in [0.05, 0.1) is 5.69 Å². The first-order valence-electron chi connectivity index (χ1n) is 18.2. The van der Waals surface area contributed by atoms with Crippen molar-refractivity contribution in [2.24, 2.45) is 0 Å². The van der Waals surface area contributed by atoms with Crippen molar-refractivity contribution < 1.29 is 0 Å². The monoisotopic (exact) mass is 663 g/mol. The lowest BCUT2D eigenvalue weighted by molar-refractivity contribution is 0.666. The van der Waals surface area contributed by atoms with Gasteiger partial charge in [-0.15, -0.1) is 0 Å². The average Bonchev–Trinajstić information content (AvgIpc) is 3.44. The van der Waals surface area contributed by atoms with E-state index < -0.39 is 0 Å². The molecule has 0 spiro atoms. The molecule has 0 saturated heterocycles. The van der Waals surface area contributed by atoms with Gasteiger partial charge in [0, 0.05) is 22.4 Å². The van der Waals surface area contributed by atoms with Gasteiger partial charge in [-0.05, 0) is 102 Å². The zero-order valence-electron chi connectivity index (χ0n) is 29.3. The molecule has 52 heavy (non-hydrogen) atoms. The standard InChI is InChI=1S/C51H37N/c1-51(2)47-31-29-40(33-46(47)45-30-25-38-17-8-11-21-43(38)50(45)51)52(39-27-23-35(24-28-39)34-13-4-3-5-14-34)48-32-26-37-16-7-10-20-42(37)49(48)44-22-12-18-36-15-6-9-19-41(36)44/h3-33H,1-2H3. The molecule has 0 unspecified atom stereocenters. The van der Waals surface area contributed by atoms with E-state index in [1.54, 1.807) is 0 Å². The Morgan fingerprint density at radius 1 is 0.385 bits per heavy atom. The molecule has 0 bridgehead atoms. The van der Waals surface area contributed by atoms with Crippen LogP contribution in [0.15, 0.2) is 188 Å². The van der Waals surface area contributed by atoms with Crippen LogP contribution >= 0.6 is 0 Å². The number of fused-ring (bicyclic) bond motifs is 7. The molecular weight excluding hydrogens is 627 g/mol. The van der Waals surface area contributed by atoms with Gasteiger partial charge < -0.3 is 4.90 Å². The average molecular weight is 664 g/mol. The summed E-state index contributed by atoms with van der Waals surface area (Å²) in [5.41, 5.74) is 13.6. The van der Waals surface area contributed by atoms with Gasteiger partial charge in [0.2, 0.25) is 0 Å². The van der Waals surface area contributed by atoms with Crippen LogP contribution in [-0.2, 0) is 5.41 Å². The van der Waals surface area contributed by atoms with Crippen molar-refractivity contribution in [3.8, 4) is 33.4 Å². The smallest absolute Gasteiger partial charge is 0.0546 e. The Hall–Kier alpha value is -6.44. The first kappa shape index (κ1) is 30.4. The molecule has 0 heterocycles. The Morgan fingerprint density at radius 2 is 0.962 bits per heavy atom. The van der Waals surface area contributed by atoms with Crippen LogP contribution in [0.25, 0.3) is 65.7 Å². The van der Waals surface area contributed by atoms with Gasteiger partial charge in [0.15, 0.2) is 0 Å². The van der Waals surface area contributed by atoms with Gasteiger partial charge in [-0.3, -0.25) is 0 Å². The second kappa shape index (κ2) is 11.8. The summed E-state index contributed by atoms with van der Waals surface area (Å²) in [6, 6.07) is 69.2. The third kappa shape index (κ3) is 4.70. The third-order valence-corrected chi connectivity index (χ3v) is 11.2. The Balaban J connectivity index is 1.25. The van der Waals surface area contributed by atoms with E-state index in [-0.39, 0.29) is 5.41 Å². The van der Waals surface area contributed by atoms with Crippen LogP contribution in [0, 0.1) is 0 Å². The minimum absolute atomic E-state index is 0.122. The first-order chi connectivity index (χ1) is 25.6. The maximum absolute atomic E-state index is 2.48. The van der Waals surface area contributed by atoms with Crippen molar-refractivity contribution in [2.45, 2.75) is 19.3 Å². The predicted octanol–water partition coefficient (Wildman–Crippen LogP) is 14.3. The summed E-state index contributed by atoms with van der Waals surface area (Å²) in [6.45, 7) is 4.76. The van der Waals surface area contributed by atoms with Gasteiger partial charge >= 0.3 is 0 Å². The molecule has 0 aromatic heterocycles. The van der Waals surface area contributed by atoms with Crippen molar-refractivity contribution in [2.75, 3.05) is 4.90 Å². The van der Waals surface area contributed by atoms with Crippen molar-refractivity contribution >= 4 is 49.4 Å². The molecule has 1 aliphatic rings. The van der Waals surface area contributed by atoms with Crippen LogP contribution in [-0.4, -0.2) is 0 Å². The molecule has 1 aliphatic carbocycles. The summed E-state index contributed by atoms with van der Waals surface area (Å²) in [5.74, 6) is 0. The zero-order valence-corrected chi connectivity index (χ0v) is 29.3. The Morgan fingerprint density at radius 3 is 1.73 bits per heavy atom. The largest absolute Gasteiger partial charge is 0.310 e. The van der Waals surface area contributed by atoms with E-state index in [2.05, 4.69) is 207 Å². The van der Waals surface area contributed by atoms with E-state index in [1.807, 2.05) is 0 Å². The van der Waals surface area contributed by atoms with Gasteiger partial charge in [0.1, 0.15) is 0 Å². The zero-order chi connectivity index (χ0) is 34.8. The van der Waals surface area contributed by atoms with Crippen LogP contribution < -0.4 is 4.90 Å².